The molecule has 1 heterocycles. The second-order valence-electron chi connectivity index (χ2n) is 4.50. The van der Waals surface area contributed by atoms with Gasteiger partial charge in [0.05, 0.1) is 21.8 Å². The molecule has 108 valence electrons. The first kappa shape index (κ1) is 15.4. The zero-order valence-corrected chi connectivity index (χ0v) is 12.9. The van der Waals surface area contributed by atoms with Crippen LogP contribution in [0.5, 0.6) is 0 Å². The molecule has 1 aromatic carbocycles. The van der Waals surface area contributed by atoms with Crippen LogP contribution in [0.25, 0.3) is 0 Å². The van der Waals surface area contributed by atoms with Crippen molar-refractivity contribution in [2.45, 2.75) is 13.0 Å². The van der Waals surface area contributed by atoms with Gasteiger partial charge in [-0.3, -0.25) is 9.48 Å². The summed E-state index contributed by atoms with van der Waals surface area (Å²) in [6.45, 7) is 1.79. The molecule has 1 aromatic heterocycles. The Labute approximate surface area is 132 Å². The maximum atomic E-state index is 12.2. The summed E-state index contributed by atoms with van der Waals surface area (Å²) in [7, 11) is 1.67. The minimum atomic E-state index is -0.817. The smallest absolute Gasteiger partial charge is 0.270 e. The highest BCUT2D eigenvalue weighted by Gasteiger charge is 2.18. The van der Waals surface area contributed by atoms with E-state index in [2.05, 4.69) is 10.4 Å². The van der Waals surface area contributed by atoms with Gasteiger partial charge in [0.1, 0.15) is 11.7 Å². The first-order valence-corrected chi connectivity index (χ1v) is 6.84. The fourth-order valence-electron chi connectivity index (χ4n) is 1.91. The third-order valence-electron chi connectivity index (χ3n) is 2.92. The summed E-state index contributed by atoms with van der Waals surface area (Å²) in [5, 5.41) is 16.7. The maximum absolute atomic E-state index is 12.2. The van der Waals surface area contributed by atoms with Gasteiger partial charge >= 0.3 is 0 Å². The SMILES string of the molecule is Cc1cc(C(=O)N[C@H](C#N)c2ccc(Cl)c(Cl)c2)n(C)n1. The summed E-state index contributed by atoms with van der Waals surface area (Å²) < 4.78 is 1.47. The molecule has 0 spiro atoms. The Morgan fingerprint density at radius 3 is 2.62 bits per heavy atom. The van der Waals surface area contributed by atoms with Gasteiger partial charge in [-0.1, -0.05) is 29.3 Å². The Bertz CT molecular complexity index is 733. The van der Waals surface area contributed by atoms with Crippen LogP contribution in [0.4, 0.5) is 0 Å². The van der Waals surface area contributed by atoms with Crippen molar-refractivity contribution in [1.82, 2.24) is 15.1 Å². The van der Waals surface area contributed by atoms with Crippen LogP contribution >= 0.6 is 23.2 Å². The van der Waals surface area contributed by atoms with Crippen molar-refractivity contribution in [3.63, 3.8) is 0 Å². The normalized spacial score (nSPS) is 11.8. The van der Waals surface area contributed by atoms with Crippen molar-refractivity contribution in [2.75, 3.05) is 0 Å². The summed E-state index contributed by atoms with van der Waals surface area (Å²) in [5.74, 6) is -0.379. The van der Waals surface area contributed by atoms with Crippen LogP contribution < -0.4 is 5.32 Å². The predicted octanol–water partition coefficient (Wildman–Crippen LogP) is 3.03. The van der Waals surface area contributed by atoms with E-state index in [0.717, 1.165) is 5.69 Å². The summed E-state index contributed by atoms with van der Waals surface area (Å²) in [5.41, 5.74) is 1.68. The number of halogens is 2. The molecule has 2 aromatic rings. The average Bonchev–Trinajstić information content (AvgIpc) is 2.78. The quantitative estimate of drug-likeness (QED) is 0.944. The number of nitrogens with one attached hydrogen (secondary N) is 1. The van der Waals surface area contributed by atoms with E-state index in [4.69, 9.17) is 23.2 Å². The zero-order chi connectivity index (χ0) is 15.6. The van der Waals surface area contributed by atoms with Gasteiger partial charge in [-0.25, -0.2) is 0 Å². The Hall–Kier alpha value is -2.03. The fourth-order valence-corrected chi connectivity index (χ4v) is 2.22. The van der Waals surface area contributed by atoms with E-state index in [9.17, 15) is 10.1 Å². The summed E-state index contributed by atoms with van der Waals surface area (Å²) >= 11 is 11.8. The van der Waals surface area contributed by atoms with Crippen LogP contribution in [-0.4, -0.2) is 15.7 Å². The number of nitriles is 1. The lowest BCUT2D eigenvalue weighted by molar-refractivity contribution is 0.0935. The van der Waals surface area contributed by atoms with Gasteiger partial charge in [0.15, 0.2) is 0 Å². The number of rotatable bonds is 3. The third-order valence-corrected chi connectivity index (χ3v) is 3.66. The van der Waals surface area contributed by atoms with Gasteiger partial charge in [0.25, 0.3) is 5.91 Å². The van der Waals surface area contributed by atoms with E-state index in [1.807, 2.05) is 6.07 Å². The highest BCUT2D eigenvalue weighted by Crippen LogP contribution is 2.25. The topological polar surface area (TPSA) is 70.7 Å². The summed E-state index contributed by atoms with van der Waals surface area (Å²) in [6.07, 6.45) is 0. The fraction of sp³-hybridized carbons (Fsp3) is 0.214. The van der Waals surface area contributed by atoms with Crippen LogP contribution in [0.3, 0.4) is 0 Å². The number of aromatic nitrogens is 2. The monoisotopic (exact) mass is 322 g/mol. The van der Waals surface area contributed by atoms with E-state index >= 15 is 0 Å². The predicted molar refractivity (Wildman–Crippen MR) is 80.2 cm³/mol. The Kier molecular flexibility index (Phi) is 4.51. The number of benzene rings is 1. The zero-order valence-electron chi connectivity index (χ0n) is 11.4. The third kappa shape index (κ3) is 3.35. The molecule has 1 atom stereocenters. The molecule has 0 saturated heterocycles. The molecule has 0 aliphatic heterocycles. The molecular formula is C14H12Cl2N4O. The number of amides is 1. The van der Waals surface area contributed by atoms with Crippen molar-refractivity contribution in [1.29, 1.82) is 5.26 Å². The molecule has 0 radical (unpaired) electrons. The van der Waals surface area contributed by atoms with Gasteiger partial charge < -0.3 is 5.32 Å². The van der Waals surface area contributed by atoms with Crippen molar-refractivity contribution in [3.8, 4) is 6.07 Å². The molecule has 0 aliphatic carbocycles. The highest BCUT2D eigenvalue weighted by atomic mass is 35.5. The van der Waals surface area contributed by atoms with Crippen LogP contribution in [0.2, 0.25) is 10.0 Å². The molecule has 2 rings (SSSR count). The maximum Gasteiger partial charge on any atom is 0.270 e. The van der Waals surface area contributed by atoms with Gasteiger partial charge in [-0.15, -0.1) is 0 Å². The molecule has 7 heteroatoms. The number of hydrogen-bond donors (Lipinski definition) is 1. The van der Waals surface area contributed by atoms with Gasteiger partial charge in [0.2, 0.25) is 0 Å². The van der Waals surface area contributed by atoms with E-state index in [1.165, 1.54) is 4.68 Å². The molecule has 0 unspecified atom stereocenters. The average molecular weight is 323 g/mol. The molecule has 0 bridgehead atoms. The van der Waals surface area contributed by atoms with Crippen LogP contribution in [0.15, 0.2) is 24.3 Å². The van der Waals surface area contributed by atoms with E-state index in [0.29, 0.717) is 21.3 Å². The minimum absolute atomic E-state index is 0.333. The van der Waals surface area contributed by atoms with Crippen molar-refractivity contribution >= 4 is 29.1 Å². The largest absolute Gasteiger partial charge is 0.331 e. The van der Waals surface area contributed by atoms with Crippen molar-refractivity contribution in [3.05, 3.63) is 51.3 Å². The van der Waals surface area contributed by atoms with Crippen LogP contribution in [-0.2, 0) is 7.05 Å². The van der Waals surface area contributed by atoms with Gasteiger partial charge in [-0.05, 0) is 30.7 Å². The first-order chi connectivity index (χ1) is 9.92. The minimum Gasteiger partial charge on any atom is -0.331 e. The van der Waals surface area contributed by atoms with Crippen LogP contribution in [0.1, 0.15) is 27.8 Å². The number of carbonyl (C=O) groups is 1. The van der Waals surface area contributed by atoms with Gasteiger partial charge in [-0.2, -0.15) is 10.4 Å². The Morgan fingerprint density at radius 2 is 2.10 bits per heavy atom. The van der Waals surface area contributed by atoms with E-state index in [-0.39, 0.29) is 5.91 Å². The molecular weight excluding hydrogens is 311 g/mol. The standard InChI is InChI=1S/C14H12Cl2N4O/c1-8-5-13(20(2)19-8)14(21)18-12(7-17)9-3-4-10(15)11(16)6-9/h3-6,12H,1-2H3,(H,18,21)/t12-/m1/s1. The number of nitrogens with zero attached hydrogens (tertiary/aromatic N) is 3. The number of aryl methyl sites for hydroxylation is 2. The Balaban J connectivity index is 2.23. The molecule has 5 nitrogen and oxygen atoms in total. The molecule has 1 amide bonds. The number of hydrogen-bond acceptors (Lipinski definition) is 3. The van der Waals surface area contributed by atoms with Crippen molar-refractivity contribution in [2.24, 2.45) is 7.05 Å². The summed E-state index contributed by atoms with van der Waals surface area (Å²) in [4.78, 5) is 12.2. The lowest BCUT2D eigenvalue weighted by atomic mass is 10.1. The van der Waals surface area contributed by atoms with Crippen LogP contribution in [0, 0.1) is 18.3 Å². The van der Waals surface area contributed by atoms with Crippen molar-refractivity contribution < 1.29 is 4.79 Å². The highest BCUT2D eigenvalue weighted by molar-refractivity contribution is 6.42. The van der Waals surface area contributed by atoms with E-state index < -0.39 is 6.04 Å². The van der Waals surface area contributed by atoms with Gasteiger partial charge in [0, 0.05) is 7.05 Å². The molecule has 0 saturated carbocycles. The number of carbonyl (C=O) groups excluding carboxylic acids is 1. The Morgan fingerprint density at radius 1 is 1.38 bits per heavy atom. The molecule has 1 N–H and O–H groups in total. The second kappa shape index (κ2) is 6.17. The second-order valence-corrected chi connectivity index (χ2v) is 5.32. The summed E-state index contributed by atoms with van der Waals surface area (Å²) in [6, 6.07) is 7.66. The molecule has 0 aliphatic rings. The van der Waals surface area contributed by atoms with E-state index in [1.54, 1.807) is 38.2 Å². The lowest BCUT2D eigenvalue weighted by Gasteiger charge is -2.12. The first-order valence-electron chi connectivity index (χ1n) is 6.08. The molecule has 21 heavy (non-hydrogen) atoms. The molecule has 0 fully saturated rings. The lowest BCUT2D eigenvalue weighted by Crippen LogP contribution is -2.29.